The van der Waals surface area contributed by atoms with Crippen molar-refractivity contribution in [2.24, 2.45) is 17.6 Å². The molecule has 3 aliphatic rings. The van der Waals surface area contributed by atoms with Gasteiger partial charge in [-0.05, 0) is 87.8 Å². The number of unbranched alkanes of at least 4 members (excludes halogenated alkanes) is 1. The summed E-state index contributed by atoms with van der Waals surface area (Å²) < 4.78 is 0. The Kier molecular flexibility index (Phi) is 19.8. The molecule has 1 aromatic rings. The van der Waals surface area contributed by atoms with Gasteiger partial charge in [0.2, 0.25) is 11.8 Å². The second-order valence-electron chi connectivity index (χ2n) is 16.9. The molecule has 2 saturated carbocycles. The van der Waals surface area contributed by atoms with E-state index >= 15 is 0 Å². The third-order valence-corrected chi connectivity index (χ3v) is 12.1. The molecule has 1 heterocycles. The van der Waals surface area contributed by atoms with Crippen molar-refractivity contribution in [1.82, 2.24) is 24.9 Å². The molecule has 0 aromatic heterocycles. The first kappa shape index (κ1) is 50.9. The van der Waals surface area contributed by atoms with E-state index in [2.05, 4.69) is 10.6 Å². The van der Waals surface area contributed by atoms with Gasteiger partial charge in [0, 0.05) is 61.5 Å². The van der Waals surface area contributed by atoms with Crippen LogP contribution in [-0.2, 0) is 49.6 Å². The lowest BCUT2D eigenvalue weighted by Crippen LogP contribution is -2.59. The van der Waals surface area contributed by atoms with Crippen molar-refractivity contribution in [2.45, 2.75) is 101 Å². The number of carboxylic acid groups (broad SMARTS) is 5. The van der Waals surface area contributed by atoms with Gasteiger partial charge in [-0.15, -0.1) is 0 Å². The third kappa shape index (κ3) is 16.4. The van der Waals surface area contributed by atoms with E-state index in [0.717, 1.165) is 12.8 Å². The number of carbonyl (C=O) groups is 9. The predicted octanol–water partition coefficient (Wildman–Crippen LogP) is 0.522. The predicted molar refractivity (Wildman–Crippen MR) is 228 cm³/mol. The molecule has 0 spiro atoms. The van der Waals surface area contributed by atoms with Crippen LogP contribution in [0.25, 0.3) is 0 Å². The number of nitrogens with two attached hydrogens (primary N) is 1. The molecule has 1 aromatic carbocycles. The van der Waals surface area contributed by atoms with Gasteiger partial charge >= 0.3 is 29.8 Å². The number of rotatable bonds is 27. The second-order valence-corrected chi connectivity index (χ2v) is 16.9. The number of carbonyl (C=O) groups excluding carboxylic acids is 4. The van der Waals surface area contributed by atoms with Crippen molar-refractivity contribution in [3.63, 3.8) is 0 Å². The maximum atomic E-state index is 13.0. The fourth-order valence-corrected chi connectivity index (χ4v) is 9.00. The molecule has 2 aliphatic carbocycles. The minimum absolute atomic E-state index is 0.0468. The van der Waals surface area contributed by atoms with Crippen LogP contribution in [0, 0.1) is 11.8 Å². The Morgan fingerprint density at radius 1 is 0.688 bits per heavy atom. The summed E-state index contributed by atoms with van der Waals surface area (Å²) in [5.41, 5.74) is 7.19. The van der Waals surface area contributed by atoms with Gasteiger partial charge in [-0.2, -0.15) is 0 Å². The van der Waals surface area contributed by atoms with Gasteiger partial charge in [-0.1, -0.05) is 25.0 Å². The fraction of sp³-hybridized carbons (Fsp3) is 0.605. The summed E-state index contributed by atoms with van der Waals surface area (Å²) in [6.07, 6.45) is 8.96. The highest BCUT2D eigenvalue weighted by Gasteiger charge is 2.39. The molecule has 0 unspecified atom stereocenters. The lowest BCUT2D eigenvalue weighted by Gasteiger charge is -2.45. The Morgan fingerprint density at radius 2 is 1.20 bits per heavy atom. The quantitative estimate of drug-likeness (QED) is 0.0441. The minimum Gasteiger partial charge on any atom is -0.480 e. The number of benzene rings is 1. The zero-order chi connectivity index (χ0) is 46.9. The average molecular weight is 900 g/mol. The number of hydrogen-bond acceptors (Lipinski definition) is 13. The molecule has 4 amide bonds. The molecule has 4 rings (SSSR count). The van der Waals surface area contributed by atoms with Crippen LogP contribution < -0.4 is 16.4 Å². The molecular weight excluding hydrogens is 839 g/mol. The SMILES string of the molecule is N[C@@H](CCCCNC(=O)C1CCC(CN2C(=O)C=CC2=O)CC1)C(=O)Nc1ccc(C[C@H](CN(CC(=O)O)[C@H]2CCCC[C@@H]2N(CC(=O)O)CC(=O)O)N(CC(=O)O)CC(=O)O)cc1. The highest BCUT2D eigenvalue weighted by Crippen LogP contribution is 2.31. The molecule has 64 heavy (non-hydrogen) atoms. The topological polar surface area (TPSA) is 318 Å². The number of amides is 4. The number of carboxylic acids is 5. The Morgan fingerprint density at radius 3 is 1.73 bits per heavy atom. The van der Waals surface area contributed by atoms with E-state index in [4.69, 9.17) is 5.73 Å². The fourth-order valence-electron chi connectivity index (χ4n) is 9.00. The van der Waals surface area contributed by atoms with Crippen LogP contribution in [0.5, 0.6) is 0 Å². The number of hydrogen-bond donors (Lipinski definition) is 8. The zero-order valence-corrected chi connectivity index (χ0v) is 35.8. The summed E-state index contributed by atoms with van der Waals surface area (Å²) >= 11 is 0. The monoisotopic (exact) mass is 899 g/mol. The van der Waals surface area contributed by atoms with Crippen LogP contribution in [0.3, 0.4) is 0 Å². The van der Waals surface area contributed by atoms with E-state index in [1.54, 1.807) is 29.2 Å². The standard InChI is InChI=1S/C43H61N7O14/c44-32(5-3-4-18-45-42(63)29-12-8-28(9-13-29)20-50-35(51)16-17-36(50)52)43(64)46-30-14-10-27(11-15-30)19-31(47(22-37(53)54)23-38(55)56)21-48(24-39(57)58)33-6-1-2-7-34(33)49(25-40(59)60)26-41(61)62/h10-11,14-17,28-29,31-34H,1-9,12-13,18-26,44H2,(H,45,63)(H,46,64)(H,53,54)(H,55,56)(H,57,58)(H,59,60)(H,61,62)/t28?,29?,31-,32+,33+,34+/m1/s1. The molecule has 0 radical (unpaired) electrons. The molecule has 21 heteroatoms. The average Bonchev–Trinajstić information content (AvgIpc) is 3.54. The van der Waals surface area contributed by atoms with E-state index in [9.17, 15) is 68.7 Å². The molecule has 21 nitrogen and oxygen atoms in total. The summed E-state index contributed by atoms with van der Waals surface area (Å²) in [4.78, 5) is 114. The van der Waals surface area contributed by atoms with Crippen LogP contribution in [0.4, 0.5) is 5.69 Å². The zero-order valence-electron chi connectivity index (χ0n) is 35.8. The van der Waals surface area contributed by atoms with E-state index in [0.29, 0.717) is 82.1 Å². The normalized spacial score (nSPS) is 20.9. The van der Waals surface area contributed by atoms with Crippen molar-refractivity contribution in [3.05, 3.63) is 42.0 Å². The van der Waals surface area contributed by atoms with E-state index in [1.807, 2.05) is 0 Å². The lowest BCUT2D eigenvalue weighted by molar-refractivity contribution is -0.146. The largest absolute Gasteiger partial charge is 0.480 e. The van der Waals surface area contributed by atoms with Gasteiger partial charge in [0.05, 0.1) is 38.8 Å². The van der Waals surface area contributed by atoms with Crippen molar-refractivity contribution >= 4 is 59.2 Å². The number of nitrogens with one attached hydrogen (secondary N) is 2. The number of aliphatic carboxylic acids is 5. The smallest absolute Gasteiger partial charge is 0.317 e. The minimum atomic E-state index is -1.32. The first-order chi connectivity index (χ1) is 30.4. The Bertz CT molecular complexity index is 1820. The highest BCUT2D eigenvalue weighted by atomic mass is 16.4. The first-order valence-electron chi connectivity index (χ1n) is 21.7. The van der Waals surface area contributed by atoms with Crippen LogP contribution in [0.15, 0.2) is 36.4 Å². The van der Waals surface area contributed by atoms with Crippen molar-refractivity contribution in [2.75, 3.05) is 57.7 Å². The van der Waals surface area contributed by atoms with Gasteiger partial charge in [0.25, 0.3) is 11.8 Å². The van der Waals surface area contributed by atoms with Crippen LogP contribution in [0.1, 0.15) is 76.2 Å². The Hall–Kier alpha value is -5.77. The Balaban J connectivity index is 1.32. The lowest BCUT2D eigenvalue weighted by atomic mass is 9.81. The first-order valence-corrected chi connectivity index (χ1v) is 21.7. The van der Waals surface area contributed by atoms with Gasteiger partial charge < -0.3 is 41.9 Å². The molecule has 0 bridgehead atoms. The van der Waals surface area contributed by atoms with Gasteiger partial charge in [0.1, 0.15) is 0 Å². The highest BCUT2D eigenvalue weighted by molar-refractivity contribution is 6.12. The van der Waals surface area contributed by atoms with Crippen molar-refractivity contribution in [3.8, 4) is 0 Å². The van der Waals surface area contributed by atoms with Crippen LogP contribution in [-0.4, -0.2) is 175 Å². The van der Waals surface area contributed by atoms with Gasteiger partial charge in [0.15, 0.2) is 0 Å². The van der Waals surface area contributed by atoms with E-state index in [1.165, 1.54) is 26.9 Å². The van der Waals surface area contributed by atoms with E-state index in [-0.39, 0.29) is 42.5 Å². The molecular formula is C43H61N7O14. The number of anilines is 1. The summed E-state index contributed by atoms with van der Waals surface area (Å²) in [5, 5.41) is 54.3. The molecule has 352 valence electrons. The molecule has 2 fully saturated rings. The maximum Gasteiger partial charge on any atom is 0.317 e. The second kappa shape index (κ2) is 24.9. The summed E-state index contributed by atoms with van der Waals surface area (Å²) in [7, 11) is 0. The van der Waals surface area contributed by atoms with Gasteiger partial charge in [-0.3, -0.25) is 62.8 Å². The van der Waals surface area contributed by atoms with Crippen LogP contribution in [0.2, 0.25) is 0 Å². The molecule has 9 N–H and O–H groups in total. The van der Waals surface area contributed by atoms with Crippen molar-refractivity contribution < 1.29 is 68.7 Å². The molecule has 0 saturated heterocycles. The van der Waals surface area contributed by atoms with Crippen LogP contribution >= 0.6 is 0 Å². The third-order valence-electron chi connectivity index (χ3n) is 12.1. The van der Waals surface area contributed by atoms with Crippen molar-refractivity contribution in [1.29, 1.82) is 0 Å². The number of nitrogens with zero attached hydrogens (tertiary/aromatic N) is 4. The number of imide groups is 1. The Labute approximate surface area is 370 Å². The maximum absolute atomic E-state index is 13.0. The van der Waals surface area contributed by atoms with Gasteiger partial charge in [-0.25, -0.2) is 0 Å². The molecule has 4 atom stereocenters. The summed E-state index contributed by atoms with van der Waals surface area (Å²) in [6.45, 7) is -2.52. The summed E-state index contributed by atoms with van der Waals surface area (Å²) in [6, 6.07) is 3.45. The van der Waals surface area contributed by atoms with E-state index < -0.39 is 92.6 Å². The summed E-state index contributed by atoms with van der Waals surface area (Å²) in [5.74, 6) is -7.48. The molecule has 1 aliphatic heterocycles.